The van der Waals surface area contributed by atoms with Crippen molar-refractivity contribution in [1.82, 2.24) is 28.4 Å². The Balaban J connectivity index is 0.000000131. The monoisotopic (exact) mass is 1130 g/mol. The maximum Gasteiger partial charge on any atom is 0.178 e. The number of carbonyl (C=O) groups is 3. The minimum atomic E-state index is -0.219. The summed E-state index contributed by atoms with van der Waals surface area (Å²) >= 11 is 0. The van der Waals surface area contributed by atoms with Crippen molar-refractivity contribution in [2.75, 3.05) is 19.6 Å². The Labute approximate surface area is 494 Å². The highest BCUT2D eigenvalue weighted by Crippen LogP contribution is 2.43. The number of hydrogen-bond donors (Lipinski definition) is 2. The number of hydrogen-bond acceptors (Lipinski definition) is 12. The number of nitriles is 3. The van der Waals surface area contributed by atoms with Crippen LogP contribution in [0.15, 0.2) is 91.0 Å². The smallest absolute Gasteiger partial charge is 0.178 e. The molecule has 8 fully saturated rings. The highest BCUT2D eigenvalue weighted by atomic mass is 16.5. The van der Waals surface area contributed by atoms with Crippen LogP contribution >= 0.6 is 0 Å². The van der Waals surface area contributed by atoms with Crippen LogP contribution in [-0.2, 0) is 4.74 Å². The molecule has 15 nitrogen and oxygen atoms in total. The molecule has 8 saturated heterocycles. The van der Waals surface area contributed by atoms with E-state index in [1.165, 1.54) is 12.8 Å². The molecule has 4 atom stereocenters. The number of ketones is 3. The zero-order valence-electron chi connectivity index (χ0n) is 49.5. The fourth-order valence-corrected chi connectivity index (χ4v) is 15.7. The third kappa shape index (κ3) is 11.9. The van der Waals surface area contributed by atoms with Crippen LogP contribution in [0.2, 0.25) is 0 Å². The summed E-state index contributed by atoms with van der Waals surface area (Å²) in [4.78, 5) is 46.7. The Morgan fingerprint density at radius 1 is 0.429 bits per heavy atom. The van der Waals surface area contributed by atoms with Gasteiger partial charge in [-0.2, -0.15) is 15.8 Å². The molecular formula is C69H79N9O6. The van der Waals surface area contributed by atoms with Gasteiger partial charge in [-0.3, -0.25) is 29.1 Å². The number of rotatable bonds is 12. The summed E-state index contributed by atoms with van der Waals surface area (Å²) < 4.78 is 12.3. The standard InChI is InChI=1S/C23H25N3O2.2C23H27N3O2/c1-14-7-22(15(2)26(14)17-5-3-16(12-24)4-6-17)23(27)13-25-18-8-20-10-19(25)11-21(9-18)28-20;2*1-15-10-22(16(2)26(15)18-8-6-17(13-24)7-9-18)23(28)14-25-19-4-3-5-20(25)12-21(27)11-19/h3-7,18-21H,8-11,13H2,1-2H3;2*6-10,19-21,27H,3-5,11-12,14H2,1-2H3. The molecular weight excluding hydrogens is 1050 g/mol. The summed E-state index contributed by atoms with van der Waals surface area (Å²) in [5.74, 6) is 0.518. The molecule has 0 saturated carbocycles. The summed E-state index contributed by atoms with van der Waals surface area (Å²) in [5.41, 5.74) is 13.1. The number of aliphatic hydroxyl groups excluding tert-OH is 2. The number of carbonyl (C=O) groups excluding carboxylic acids is 3. The molecule has 8 bridgehead atoms. The van der Waals surface area contributed by atoms with Crippen molar-refractivity contribution in [1.29, 1.82) is 15.8 Å². The van der Waals surface area contributed by atoms with Crippen LogP contribution < -0.4 is 0 Å². The first-order valence-corrected chi connectivity index (χ1v) is 30.5. The first-order chi connectivity index (χ1) is 40.5. The number of fused-ring (bicyclic) bond motifs is 4. The lowest BCUT2D eigenvalue weighted by Gasteiger charge is -2.56. The van der Waals surface area contributed by atoms with E-state index in [1.807, 2.05) is 108 Å². The Bertz CT molecular complexity index is 3160. The molecule has 0 radical (unpaired) electrons. The highest BCUT2D eigenvalue weighted by Gasteiger charge is 2.48. The van der Waals surface area contributed by atoms with Gasteiger partial charge in [0.25, 0.3) is 0 Å². The van der Waals surface area contributed by atoms with Gasteiger partial charge < -0.3 is 28.7 Å². The highest BCUT2D eigenvalue weighted by molar-refractivity contribution is 6.00. The molecule has 3 aromatic carbocycles. The number of aliphatic hydroxyl groups is 2. The average Bonchev–Trinajstić information content (AvgIpc) is 4.21. The van der Waals surface area contributed by atoms with Gasteiger partial charge in [0, 0.05) is 104 Å². The van der Waals surface area contributed by atoms with E-state index in [2.05, 4.69) is 46.6 Å². The van der Waals surface area contributed by atoms with E-state index >= 15 is 0 Å². The van der Waals surface area contributed by atoms with E-state index in [9.17, 15) is 24.6 Å². The first kappa shape index (κ1) is 58.5. The average molecular weight is 1130 g/mol. The van der Waals surface area contributed by atoms with Crippen LogP contribution in [0.3, 0.4) is 0 Å². The fourth-order valence-electron chi connectivity index (χ4n) is 15.7. The number of aromatic nitrogens is 3. The molecule has 8 aliphatic rings. The molecule has 436 valence electrons. The number of ether oxygens (including phenoxy) is 1. The first-order valence-electron chi connectivity index (χ1n) is 30.5. The number of nitrogens with zero attached hydrogens (tertiary/aromatic N) is 9. The van der Waals surface area contributed by atoms with Crippen molar-refractivity contribution in [2.24, 2.45) is 0 Å². The Morgan fingerprint density at radius 3 is 0.952 bits per heavy atom. The topological polar surface area (TPSA) is 197 Å². The number of aryl methyl sites for hydroxylation is 3. The molecule has 14 rings (SSSR count). The summed E-state index contributed by atoms with van der Waals surface area (Å²) in [5, 5.41) is 47.2. The normalized spacial score (nSPS) is 26.0. The van der Waals surface area contributed by atoms with Gasteiger partial charge >= 0.3 is 0 Å². The molecule has 3 aromatic heterocycles. The molecule has 11 heterocycles. The molecule has 0 amide bonds. The Kier molecular flexibility index (Phi) is 17.2. The molecule has 84 heavy (non-hydrogen) atoms. The van der Waals surface area contributed by atoms with Gasteiger partial charge in [-0.1, -0.05) is 12.8 Å². The predicted octanol–water partition coefficient (Wildman–Crippen LogP) is 10.6. The van der Waals surface area contributed by atoms with Gasteiger partial charge in [-0.05, 0) is 210 Å². The van der Waals surface area contributed by atoms with Crippen LogP contribution in [0.1, 0.15) is 172 Å². The van der Waals surface area contributed by atoms with E-state index in [4.69, 9.17) is 20.5 Å². The number of piperidine rings is 6. The lowest BCUT2D eigenvalue weighted by atomic mass is 9.78. The van der Waals surface area contributed by atoms with Gasteiger partial charge in [0.15, 0.2) is 17.3 Å². The van der Waals surface area contributed by atoms with E-state index < -0.39 is 0 Å². The van der Waals surface area contributed by atoms with Gasteiger partial charge in [-0.25, -0.2) is 0 Å². The summed E-state index contributed by atoms with van der Waals surface area (Å²) in [6.45, 7) is 13.4. The minimum absolute atomic E-state index is 0.154. The van der Waals surface area contributed by atoms with E-state index in [0.717, 1.165) is 145 Å². The van der Waals surface area contributed by atoms with Crippen LogP contribution in [0.4, 0.5) is 0 Å². The number of benzene rings is 3. The SMILES string of the molecule is Cc1cc(C(=O)CN2C3CC4CC2CC(C3)O4)c(C)n1-c1ccc(C#N)cc1.Cc1cc(C(=O)CN2C3CCCC2CC(O)C3)c(C)n1-c1ccc(C#N)cc1.Cc1cc(C(=O)CN2C3CCCC2CC(O)C3)c(C)n1-c1ccc(C#N)cc1. The Hall–Kier alpha value is -7.26. The zero-order valence-corrected chi connectivity index (χ0v) is 49.5. The molecule has 6 aromatic rings. The molecule has 8 aliphatic heterocycles. The molecule has 15 heteroatoms. The van der Waals surface area contributed by atoms with Crippen molar-refractivity contribution in [3.8, 4) is 35.3 Å². The van der Waals surface area contributed by atoms with Crippen molar-refractivity contribution in [3.63, 3.8) is 0 Å². The van der Waals surface area contributed by atoms with Crippen molar-refractivity contribution in [2.45, 2.75) is 192 Å². The van der Waals surface area contributed by atoms with E-state index in [0.29, 0.717) is 84.8 Å². The second-order valence-electron chi connectivity index (χ2n) is 25.0. The van der Waals surface area contributed by atoms with Gasteiger partial charge in [-0.15, -0.1) is 0 Å². The fraction of sp³-hybridized carbons (Fsp3) is 0.478. The summed E-state index contributed by atoms with van der Waals surface area (Å²) in [6.07, 6.45) is 14.5. The van der Waals surface area contributed by atoms with Gasteiger partial charge in [0.2, 0.25) is 0 Å². The molecule has 2 N–H and O–H groups in total. The third-order valence-electron chi connectivity index (χ3n) is 19.6. The van der Waals surface area contributed by atoms with Crippen LogP contribution in [0, 0.1) is 75.5 Å². The van der Waals surface area contributed by atoms with Gasteiger partial charge in [0.1, 0.15) is 0 Å². The molecule has 0 aliphatic carbocycles. The maximum absolute atomic E-state index is 13.2. The largest absolute Gasteiger partial charge is 0.393 e. The Morgan fingerprint density at radius 2 is 0.690 bits per heavy atom. The lowest BCUT2D eigenvalue weighted by Crippen LogP contribution is -2.63. The second-order valence-corrected chi connectivity index (χ2v) is 25.0. The van der Waals surface area contributed by atoms with Crippen molar-refractivity contribution < 1.29 is 29.3 Å². The maximum atomic E-state index is 13.2. The summed E-state index contributed by atoms with van der Waals surface area (Å²) in [6, 6.07) is 37.1. The summed E-state index contributed by atoms with van der Waals surface area (Å²) in [7, 11) is 0. The molecule has 4 unspecified atom stereocenters. The van der Waals surface area contributed by atoms with Gasteiger partial charge in [0.05, 0.1) is 78.9 Å². The molecule has 0 spiro atoms. The predicted molar refractivity (Wildman–Crippen MR) is 321 cm³/mol. The lowest BCUT2D eigenvalue weighted by molar-refractivity contribution is -0.179. The van der Waals surface area contributed by atoms with Crippen LogP contribution in [0.25, 0.3) is 17.1 Å². The third-order valence-corrected chi connectivity index (χ3v) is 19.6. The van der Waals surface area contributed by atoms with Crippen molar-refractivity contribution in [3.05, 3.63) is 159 Å². The van der Waals surface area contributed by atoms with Crippen LogP contribution in [0.5, 0.6) is 0 Å². The van der Waals surface area contributed by atoms with E-state index in [1.54, 1.807) is 24.3 Å². The van der Waals surface area contributed by atoms with Crippen molar-refractivity contribution >= 4 is 17.3 Å². The second kappa shape index (κ2) is 24.8. The quantitative estimate of drug-likeness (QED) is 0.110. The van der Waals surface area contributed by atoms with E-state index in [-0.39, 0.29) is 29.6 Å². The minimum Gasteiger partial charge on any atom is -0.393 e. The zero-order chi connectivity index (χ0) is 59.1. The van der Waals surface area contributed by atoms with Crippen LogP contribution in [-0.4, -0.2) is 136 Å². The number of Topliss-reactive ketones (excluding diaryl/α,β-unsaturated/α-hetero) is 3.